The Bertz CT molecular complexity index is 307. The van der Waals surface area contributed by atoms with Crippen molar-refractivity contribution in [1.29, 1.82) is 0 Å². The molecule has 0 nitrogen and oxygen atoms in total. The van der Waals surface area contributed by atoms with Crippen molar-refractivity contribution in [2.45, 2.75) is 61.8 Å². The third-order valence-corrected chi connectivity index (χ3v) is 2.44. The van der Waals surface area contributed by atoms with Gasteiger partial charge in [0, 0.05) is 9.41 Å². The first-order chi connectivity index (χ1) is 7.74. The third-order valence-electron chi connectivity index (χ3n) is 1.35. The van der Waals surface area contributed by atoms with Gasteiger partial charge >= 0.3 is 0 Å². The molecule has 16 heavy (non-hydrogen) atoms. The fraction of sp³-hybridized carbons (Fsp3) is 0.600. The molecule has 0 bridgehead atoms. The highest BCUT2D eigenvalue weighted by Crippen LogP contribution is 1.94. The predicted octanol–water partition coefficient (Wildman–Crippen LogP) is 4.74. The maximum Gasteiger partial charge on any atom is 0.0299 e. The molecule has 96 valence electrons. The lowest BCUT2D eigenvalue weighted by Gasteiger charge is -1.74. The van der Waals surface area contributed by atoms with Crippen LogP contribution < -0.4 is 9.75 Å². The standard InChI is InChI=1S/C9H12S.3C2H6/c1-4-5-9-7(2)6-8(3)10-9;3*1-2/h5-6H,2,4H2,1,3H3;3*1-2H3/b9-5+;;;. The summed E-state index contributed by atoms with van der Waals surface area (Å²) in [6.07, 6.45) is 3.32. The Hall–Kier alpha value is -0.560. The summed E-state index contributed by atoms with van der Waals surface area (Å²) >= 11 is 1.82. The molecule has 1 heterocycles. The van der Waals surface area contributed by atoms with Crippen LogP contribution in [0.1, 0.15) is 59.8 Å². The van der Waals surface area contributed by atoms with Crippen LogP contribution in [-0.2, 0) is 0 Å². The zero-order chi connectivity index (χ0) is 13.6. The van der Waals surface area contributed by atoms with Crippen molar-refractivity contribution in [3.8, 4) is 0 Å². The molecule has 0 saturated carbocycles. The molecule has 1 aromatic rings. The van der Waals surface area contributed by atoms with E-state index in [-0.39, 0.29) is 0 Å². The summed E-state index contributed by atoms with van der Waals surface area (Å²) in [5.74, 6) is 0. The van der Waals surface area contributed by atoms with E-state index in [0.29, 0.717) is 0 Å². The first kappa shape index (κ1) is 20.8. The number of aryl methyl sites for hydroxylation is 1. The van der Waals surface area contributed by atoms with Gasteiger partial charge < -0.3 is 0 Å². The minimum Gasteiger partial charge on any atom is -0.141 e. The van der Waals surface area contributed by atoms with Crippen LogP contribution in [0, 0.1) is 6.92 Å². The average Bonchev–Trinajstić information content (AvgIpc) is 2.66. The second-order valence-corrected chi connectivity index (χ2v) is 3.65. The molecule has 0 saturated heterocycles. The van der Waals surface area contributed by atoms with Gasteiger partial charge in [-0.25, -0.2) is 0 Å². The smallest absolute Gasteiger partial charge is 0.0299 e. The van der Waals surface area contributed by atoms with Crippen LogP contribution in [-0.4, -0.2) is 0 Å². The van der Waals surface area contributed by atoms with Crippen molar-refractivity contribution in [3.05, 3.63) is 20.7 Å². The van der Waals surface area contributed by atoms with Gasteiger partial charge in [0.15, 0.2) is 0 Å². The van der Waals surface area contributed by atoms with Crippen molar-refractivity contribution >= 4 is 24.0 Å². The summed E-state index contributed by atoms with van der Waals surface area (Å²) in [6, 6.07) is 2.13. The van der Waals surface area contributed by atoms with Crippen molar-refractivity contribution in [1.82, 2.24) is 0 Å². The van der Waals surface area contributed by atoms with Gasteiger partial charge in [-0.15, -0.1) is 11.3 Å². The summed E-state index contributed by atoms with van der Waals surface area (Å²) < 4.78 is 1.33. The zero-order valence-electron chi connectivity index (χ0n) is 12.5. The van der Waals surface area contributed by atoms with Crippen molar-refractivity contribution < 1.29 is 0 Å². The average molecular weight is 242 g/mol. The summed E-state index contributed by atoms with van der Waals surface area (Å²) in [5, 5.41) is 1.17. The quantitative estimate of drug-likeness (QED) is 0.667. The van der Waals surface area contributed by atoms with Gasteiger partial charge in [0.2, 0.25) is 0 Å². The number of rotatable bonds is 1. The SMILES string of the molecule is C=c1cc(C)s/c1=C/CC.CC.CC.CC. The first-order valence-electron chi connectivity index (χ1n) is 6.49. The monoisotopic (exact) mass is 242 g/mol. The Morgan fingerprint density at radius 3 is 1.81 bits per heavy atom. The molecule has 0 amide bonds. The van der Waals surface area contributed by atoms with Gasteiger partial charge in [0.05, 0.1) is 0 Å². The largest absolute Gasteiger partial charge is 0.141 e. The van der Waals surface area contributed by atoms with E-state index in [9.17, 15) is 0 Å². The molecule has 1 aromatic heterocycles. The van der Waals surface area contributed by atoms with Gasteiger partial charge in [-0.05, 0) is 24.6 Å². The molecular weight excluding hydrogens is 212 g/mol. The van der Waals surface area contributed by atoms with Gasteiger partial charge in [-0.2, -0.15) is 0 Å². The Balaban J connectivity index is -0.000000245. The van der Waals surface area contributed by atoms with Crippen LogP contribution in [0.25, 0.3) is 12.7 Å². The van der Waals surface area contributed by atoms with Gasteiger partial charge in [-0.3, -0.25) is 0 Å². The summed E-state index contributed by atoms with van der Waals surface area (Å²) in [7, 11) is 0. The number of hydrogen-bond donors (Lipinski definition) is 0. The van der Waals surface area contributed by atoms with E-state index >= 15 is 0 Å². The molecular formula is C15H30S. The van der Waals surface area contributed by atoms with Crippen LogP contribution >= 0.6 is 11.3 Å². The molecule has 1 rings (SSSR count). The van der Waals surface area contributed by atoms with Crippen LogP contribution in [0.3, 0.4) is 0 Å². The molecule has 0 N–H and O–H groups in total. The maximum absolute atomic E-state index is 3.94. The van der Waals surface area contributed by atoms with E-state index in [0.717, 1.165) is 6.42 Å². The van der Waals surface area contributed by atoms with Crippen LogP contribution in [0.5, 0.6) is 0 Å². The highest BCUT2D eigenvalue weighted by molar-refractivity contribution is 7.09. The molecule has 0 radical (unpaired) electrons. The van der Waals surface area contributed by atoms with E-state index in [1.54, 1.807) is 0 Å². The fourth-order valence-corrected chi connectivity index (χ4v) is 1.93. The summed E-state index contributed by atoms with van der Waals surface area (Å²) in [5.41, 5.74) is 0. The molecule has 0 atom stereocenters. The van der Waals surface area contributed by atoms with Gasteiger partial charge in [0.25, 0.3) is 0 Å². The van der Waals surface area contributed by atoms with E-state index in [1.165, 1.54) is 14.6 Å². The highest BCUT2D eigenvalue weighted by atomic mass is 32.1. The Morgan fingerprint density at radius 2 is 1.56 bits per heavy atom. The molecule has 0 aromatic carbocycles. The van der Waals surface area contributed by atoms with Gasteiger partial charge in [0.1, 0.15) is 0 Å². The molecule has 0 spiro atoms. The zero-order valence-corrected chi connectivity index (χ0v) is 13.3. The van der Waals surface area contributed by atoms with Crippen LogP contribution in [0.2, 0.25) is 0 Å². The predicted molar refractivity (Wildman–Crippen MR) is 82.6 cm³/mol. The maximum atomic E-state index is 3.94. The first-order valence-corrected chi connectivity index (χ1v) is 7.31. The van der Waals surface area contributed by atoms with E-state index in [4.69, 9.17) is 0 Å². The molecule has 0 aliphatic carbocycles. The van der Waals surface area contributed by atoms with Crippen LogP contribution in [0.15, 0.2) is 6.07 Å². The third kappa shape index (κ3) is 9.97. The Kier molecular flexibility index (Phi) is 21.9. The van der Waals surface area contributed by atoms with E-state index in [1.807, 2.05) is 52.9 Å². The van der Waals surface area contributed by atoms with E-state index < -0.39 is 0 Å². The number of hydrogen-bond acceptors (Lipinski definition) is 1. The van der Waals surface area contributed by atoms with Crippen molar-refractivity contribution in [2.75, 3.05) is 0 Å². The topological polar surface area (TPSA) is 0 Å². The summed E-state index contributed by atoms with van der Waals surface area (Å²) in [6.45, 7) is 20.2. The second kappa shape index (κ2) is 16.9. The molecule has 0 aliphatic rings. The van der Waals surface area contributed by atoms with Crippen molar-refractivity contribution in [3.63, 3.8) is 0 Å². The van der Waals surface area contributed by atoms with Crippen LogP contribution in [0.4, 0.5) is 0 Å². The minimum atomic E-state index is 1.10. The number of thiophene rings is 1. The van der Waals surface area contributed by atoms with Gasteiger partial charge in [-0.1, -0.05) is 61.1 Å². The van der Waals surface area contributed by atoms with E-state index in [2.05, 4.69) is 32.6 Å². The summed E-state index contributed by atoms with van der Waals surface area (Å²) in [4.78, 5) is 1.35. The fourth-order valence-electron chi connectivity index (χ4n) is 0.943. The lowest BCUT2D eigenvalue weighted by atomic mass is 10.4. The molecule has 0 aliphatic heterocycles. The minimum absolute atomic E-state index is 1.10. The Morgan fingerprint density at radius 1 is 1.12 bits per heavy atom. The lowest BCUT2D eigenvalue weighted by Crippen LogP contribution is -2.14. The van der Waals surface area contributed by atoms with Crippen molar-refractivity contribution in [2.24, 2.45) is 0 Å². The highest BCUT2D eigenvalue weighted by Gasteiger charge is 1.87. The molecule has 1 heteroatoms. The normalized spacial score (nSPS) is 8.88. The lowest BCUT2D eigenvalue weighted by molar-refractivity contribution is 1.29. The molecule has 0 fully saturated rings. The second-order valence-electron chi connectivity index (χ2n) is 2.36. The molecule has 0 unspecified atom stereocenters. The Labute approximate surface area is 107 Å².